The number of aromatic nitrogens is 1. The van der Waals surface area contributed by atoms with Gasteiger partial charge in [-0.1, -0.05) is 0 Å². The van der Waals surface area contributed by atoms with E-state index < -0.39 is 0 Å². The number of hydrogen-bond acceptors (Lipinski definition) is 5. The van der Waals surface area contributed by atoms with Crippen LogP contribution >= 0.6 is 0 Å². The Morgan fingerprint density at radius 1 is 1.21 bits per heavy atom. The van der Waals surface area contributed by atoms with Crippen LogP contribution in [0.15, 0.2) is 18.5 Å². The van der Waals surface area contributed by atoms with Gasteiger partial charge in [0.25, 0.3) is 11.8 Å². The van der Waals surface area contributed by atoms with Crippen molar-refractivity contribution in [3.05, 3.63) is 29.6 Å². The highest BCUT2D eigenvalue weighted by Crippen LogP contribution is 2.07. The molecule has 0 saturated carbocycles. The molecule has 0 bridgehead atoms. The number of carbonyl (C=O) groups excluding carboxylic acids is 2. The Morgan fingerprint density at radius 3 is 2.54 bits per heavy atom. The normalized spacial score (nSPS) is 15.1. The van der Waals surface area contributed by atoms with E-state index in [0.29, 0.717) is 30.8 Å². The molecule has 0 atom stereocenters. The van der Waals surface area contributed by atoms with Gasteiger partial charge in [0.2, 0.25) is 0 Å². The highest BCUT2D eigenvalue weighted by Gasteiger charge is 2.16. The van der Waals surface area contributed by atoms with Crippen molar-refractivity contribution in [2.45, 2.75) is 13.8 Å². The first-order chi connectivity index (χ1) is 11.7. The molecule has 1 N–H and O–H groups in total. The van der Waals surface area contributed by atoms with E-state index in [-0.39, 0.29) is 11.8 Å². The van der Waals surface area contributed by atoms with Crippen molar-refractivity contribution in [2.75, 3.05) is 52.5 Å². The van der Waals surface area contributed by atoms with Gasteiger partial charge in [-0.2, -0.15) is 0 Å². The number of rotatable bonds is 7. The van der Waals surface area contributed by atoms with Gasteiger partial charge in [-0.15, -0.1) is 0 Å². The van der Waals surface area contributed by atoms with Gasteiger partial charge >= 0.3 is 0 Å². The zero-order valence-electron chi connectivity index (χ0n) is 14.5. The van der Waals surface area contributed by atoms with Crippen LogP contribution in [0.1, 0.15) is 34.6 Å². The summed E-state index contributed by atoms with van der Waals surface area (Å²) >= 11 is 0. The van der Waals surface area contributed by atoms with Gasteiger partial charge in [-0.3, -0.25) is 19.5 Å². The van der Waals surface area contributed by atoms with Crippen molar-refractivity contribution in [3.63, 3.8) is 0 Å². The number of pyridine rings is 1. The number of morpholine rings is 1. The van der Waals surface area contributed by atoms with Crippen LogP contribution in [0.25, 0.3) is 0 Å². The fraction of sp³-hybridized carbons (Fsp3) is 0.588. The fourth-order valence-electron chi connectivity index (χ4n) is 2.63. The summed E-state index contributed by atoms with van der Waals surface area (Å²) in [7, 11) is 0. The first kappa shape index (κ1) is 18.4. The molecule has 1 aliphatic rings. The van der Waals surface area contributed by atoms with Crippen molar-refractivity contribution in [1.29, 1.82) is 0 Å². The number of nitrogens with zero attached hydrogens (tertiary/aromatic N) is 3. The third-order valence-corrected chi connectivity index (χ3v) is 4.12. The average molecular weight is 334 g/mol. The zero-order chi connectivity index (χ0) is 17.4. The minimum atomic E-state index is -0.204. The lowest BCUT2D eigenvalue weighted by atomic mass is 10.1. The first-order valence-corrected chi connectivity index (χ1v) is 8.48. The first-order valence-electron chi connectivity index (χ1n) is 8.48. The van der Waals surface area contributed by atoms with Crippen LogP contribution in [0.4, 0.5) is 0 Å². The van der Waals surface area contributed by atoms with Crippen LogP contribution < -0.4 is 5.32 Å². The number of nitrogens with one attached hydrogen (secondary N) is 1. The molecule has 0 radical (unpaired) electrons. The SMILES string of the molecule is CCN(CC)C(=O)c1cncc(C(=O)NCCN2CCOCC2)c1. The van der Waals surface area contributed by atoms with E-state index in [1.54, 1.807) is 11.0 Å². The molecule has 1 aliphatic heterocycles. The Kier molecular flexibility index (Phi) is 7.14. The molecule has 132 valence electrons. The van der Waals surface area contributed by atoms with Gasteiger partial charge in [-0.05, 0) is 19.9 Å². The number of amides is 2. The monoisotopic (exact) mass is 334 g/mol. The maximum absolute atomic E-state index is 12.3. The predicted octanol–water partition coefficient (Wildman–Crippen LogP) is 0.626. The molecule has 7 nitrogen and oxygen atoms in total. The number of carbonyl (C=O) groups is 2. The van der Waals surface area contributed by atoms with Crippen LogP contribution in [-0.4, -0.2) is 79.1 Å². The Bertz CT molecular complexity index is 555. The second-order valence-corrected chi connectivity index (χ2v) is 5.65. The Hall–Kier alpha value is -1.99. The summed E-state index contributed by atoms with van der Waals surface area (Å²) in [6, 6.07) is 1.61. The van der Waals surface area contributed by atoms with Crippen LogP contribution in [0.5, 0.6) is 0 Å². The third-order valence-electron chi connectivity index (χ3n) is 4.12. The summed E-state index contributed by atoms with van der Waals surface area (Å²) < 4.78 is 5.30. The summed E-state index contributed by atoms with van der Waals surface area (Å²) in [5.41, 5.74) is 0.856. The molecule has 0 aliphatic carbocycles. The van der Waals surface area contributed by atoms with Gasteiger partial charge in [0, 0.05) is 51.7 Å². The predicted molar refractivity (Wildman–Crippen MR) is 91.1 cm³/mol. The summed E-state index contributed by atoms with van der Waals surface area (Å²) in [6.07, 6.45) is 2.99. The molecule has 1 saturated heterocycles. The van der Waals surface area contributed by atoms with Crippen molar-refractivity contribution < 1.29 is 14.3 Å². The second-order valence-electron chi connectivity index (χ2n) is 5.65. The number of ether oxygens (including phenoxy) is 1. The van der Waals surface area contributed by atoms with E-state index in [1.165, 1.54) is 12.4 Å². The molecule has 0 unspecified atom stereocenters. The Labute approximate surface area is 143 Å². The van der Waals surface area contributed by atoms with E-state index in [4.69, 9.17) is 4.74 Å². The lowest BCUT2D eigenvalue weighted by Crippen LogP contribution is -2.41. The summed E-state index contributed by atoms with van der Waals surface area (Å²) in [5.74, 6) is -0.305. The smallest absolute Gasteiger partial charge is 0.255 e. The second kappa shape index (κ2) is 9.34. The van der Waals surface area contributed by atoms with E-state index in [2.05, 4.69) is 15.2 Å². The van der Waals surface area contributed by atoms with Gasteiger partial charge < -0.3 is 15.0 Å². The van der Waals surface area contributed by atoms with Gasteiger partial charge in [0.05, 0.1) is 24.3 Å². The highest BCUT2D eigenvalue weighted by atomic mass is 16.5. The molecule has 1 aromatic rings. The summed E-state index contributed by atoms with van der Waals surface area (Å²) in [4.78, 5) is 32.6. The zero-order valence-corrected chi connectivity index (χ0v) is 14.5. The van der Waals surface area contributed by atoms with E-state index in [9.17, 15) is 9.59 Å². The average Bonchev–Trinajstić information content (AvgIpc) is 2.63. The van der Waals surface area contributed by atoms with Crippen LogP contribution in [0.2, 0.25) is 0 Å². The molecule has 24 heavy (non-hydrogen) atoms. The molecule has 1 fully saturated rings. The fourth-order valence-corrected chi connectivity index (χ4v) is 2.63. The topological polar surface area (TPSA) is 74.8 Å². The lowest BCUT2D eigenvalue weighted by Gasteiger charge is -2.26. The summed E-state index contributed by atoms with van der Waals surface area (Å²) in [6.45, 7) is 9.75. The van der Waals surface area contributed by atoms with Gasteiger partial charge in [0.15, 0.2) is 0 Å². The van der Waals surface area contributed by atoms with Crippen molar-refractivity contribution >= 4 is 11.8 Å². The van der Waals surface area contributed by atoms with Crippen molar-refractivity contribution in [2.24, 2.45) is 0 Å². The molecular weight excluding hydrogens is 308 g/mol. The molecule has 2 amide bonds. The van der Waals surface area contributed by atoms with E-state index in [0.717, 1.165) is 32.8 Å². The van der Waals surface area contributed by atoms with Gasteiger partial charge in [0.1, 0.15) is 0 Å². The molecule has 2 rings (SSSR count). The van der Waals surface area contributed by atoms with Crippen LogP contribution in [0, 0.1) is 0 Å². The minimum Gasteiger partial charge on any atom is -0.379 e. The highest BCUT2D eigenvalue weighted by molar-refractivity contribution is 5.99. The molecule has 1 aromatic heterocycles. The quantitative estimate of drug-likeness (QED) is 0.791. The maximum Gasteiger partial charge on any atom is 0.255 e. The molecule has 7 heteroatoms. The molecule has 0 aromatic carbocycles. The molecule has 0 spiro atoms. The van der Waals surface area contributed by atoms with E-state index in [1.807, 2.05) is 13.8 Å². The van der Waals surface area contributed by atoms with Crippen LogP contribution in [0.3, 0.4) is 0 Å². The molecule has 2 heterocycles. The number of hydrogen-bond donors (Lipinski definition) is 1. The van der Waals surface area contributed by atoms with Crippen molar-refractivity contribution in [3.8, 4) is 0 Å². The lowest BCUT2D eigenvalue weighted by molar-refractivity contribution is 0.0383. The van der Waals surface area contributed by atoms with Crippen LogP contribution in [-0.2, 0) is 4.74 Å². The third kappa shape index (κ3) is 5.01. The Balaban J connectivity index is 1.89. The minimum absolute atomic E-state index is 0.101. The Morgan fingerprint density at radius 2 is 1.88 bits per heavy atom. The largest absolute Gasteiger partial charge is 0.379 e. The standard InChI is InChI=1S/C17H26N4O3/c1-3-21(4-2)17(23)15-11-14(12-18-13-15)16(22)19-5-6-20-7-9-24-10-8-20/h11-13H,3-10H2,1-2H3,(H,19,22). The molecular formula is C17H26N4O3. The van der Waals surface area contributed by atoms with Gasteiger partial charge in [-0.25, -0.2) is 0 Å². The van der Waals surface area contributed by atoms with Crippen molar-refractivity contribution in [1.82, 2.24) is 20.1 Å². The summed E-state index contributed by atoms with van der Waals surface area (Å²) in [5, 5.41) is 2.88. The maximum atomic E-state index is 12.3. The van der Waals surface area contributed by atoms with E-state index >= 15 is 0 Å².